The van der Waals surface area contributed by atoms with Crippen molar-refractivity contribution >= 4 is 23.2 Å². The lowest BCUT2D eigenvalue weighted by molar-refractivity contribution is 0.414. The van der Waals surface area contributed by atoms with Crippen LogP contribution < -0.4 is 16.0 Å². The Bertz CT molecular complexity index is 597. The molecule has 106 valence electrons. The maximum atomic E-state index is 6.26. The number of nitrogens with one attached hydrogen (secondary N) is 1. The minimum atomic E-state index is -0.276. The third-order valence-electron chi connectivity index (χ3n) is 3.24. The molecule has 1 atom stereocenters. The number of aryl methyl sites for hydroxylation is 1. The molecule has 0 spiro atoms. The van der Waals surface area contributed by atoms with Crippen molar-refractivity contribution in [1.29, 1.82) is 0 Å². The van der Waals surface area contributed by atoms with Crippen LogP contribution in [-0.2, 0) is 0 Å². The molecule has 0 saturated heterocycles. The lowest BCUT2D eigenvalue weighted by Gasteiger charge is -2.21. The smallest absolute Gasteiger partial charge is 0.119 e. The number of nitrogens with two attached hydrogens (primary N) is 1. The first-order valence-corrected chi connectivity index (χ1v) is 6.88. The molecule has 20 heavy (non-hydrogen) atoms. The molecule has 0 fully saturated rings. The molecule has 2 rings (SSSR count). The number of halogens is 2. The molecule has 2 aromatic rings. The predicted molar refractivity (Wildman–Crippen MR) is 83.4 cm³/mol. The highest BCUT2D eigenvalue weighted by atomic mass is 35.5. The molecular weight excluding hydrogens is 295 g/mol. The zero-order valence-corrected chi connectivity index (χ0v) is 12.8. The van der Waals surface area contributed by atoms with E-state index in [-0.39, 0.29) is 6.04 Å². The number of hydrazine groups is 1. The van der Waals surface area contributed by atoms with E-state index < -0.39 is 0 Å². The molecule has 1 unspecified atom stereocenters. The summed E-state index contributed by atoms with van der Waals surface area (Å²) in [6.45, 7) is 1.99. The number of benzene rings is 2. The fourth-order valence-electron chi connectivity index (χ4n) is 2.21. The van der Waals surface area contributed by atoms with Crippen LogP contribution in [0.3, 0.4) is 0 Å². The molecular formula is C15H16Cl2N2O. The Morgan fingerprint density at radius 2 is 1.80 bits per heavy atom. The van der Waals surface area contributed by atoms with Crippen molar-refractivity contribution in [2.24, 2.45) is 5.84 Å². The first kappa shape index (κ1) is 15.1. The Labute approximate surface area is 128 Å². The molecule has 3 N–H and O–H groups in total. The summed E-state index contributed by atoms with van der Waals surface area (Å²) in [5, 5.41) is 1.16. The van der Waals surface area contributed by atoms with Crippen molar-refractivity contribution in [2.45, 2.75) is 13.0 Å². The summed E-state index contributed by atoms with van der Waals surface area (Å²) < 4.78 is 5.21. The number of hydrogen-bond donors (Lipinski definition) is 2. The Hall–Kier alpha value is -1.26. The molecule has 0 saturated carbocycles. The predicted octanol–water partition coefficient (Wildman–Crippen LogP) is 3.86. The third-order valence-corrected chi connectivity index (χ3v) is 3.90. The third kappa shape index (κ3) is 2.91. The van der Waals surface area contributed by atoms with Crippen LogP contribution in [0.2, 0.25) is 10.0 Å². The first-order valence-electron chi connectivity index (χ1n) is 6.13. The van der Waals surface area contributed by atoms with Crippen LogP contribution in [0.1, 0.15) is 22.7 Å². The first-order chi connectivity index (χ1) is 9.58. The minimum Gasteiger partial charge on any atom is -0.497 e. The molecule has 0 aliphatic heterocycles. The zero-order chi connectivity index (χ0) is 14.7. The highest BCUT2D eigenvalue weighted by Crippen LogP contribution is 2.35. The molecule has 0 radical (unpaired) electrons. The number of hydrogen-bond acceptors (Lipinski definition) is 3. The van der Waals surface area contributed by atoms with Crippen LogP contribution in [-0.4, -0.2) is 7.11 Å². The quantitative estimate of drug-likeness (QED) is 0.666. The molecule has 0 aliphatic carbocycles. The lowest BCUT2D eigenvalue weighted by atomic mass is 9.95. The van der Waals surface area contributed by atoms with E-state index in [0.29, 0.717) is 10.0 Å². The van der Waals surface area contributed by atoms with E-state index in [1.54, 1.807) is 19.2 Å². The monoisotopic (exact) mass is 310 g/mol. The summed E-state index contributed by atoms with van der Waals surface area (Å²) in [6, 6.07) is 10.9. The van der Waals surface area contributed by atoms with Crippen LogP contribution in [0, 0.1) is 6.92 Å². The minimum absolute atomic E-state index is 0.276. The fraction of sp³-hybridized carbons (Fsp3) is 0.200. The van der Waals surface area contributed by atoms with E-state index in [1.807, 2.05) is 31.2 Å². The second kappa shape index (κ2) is 6.46. The van der Waals surface area contributed by atoms with Gasteiger partial charge in [-0.3, -0.25) is 5.84 Å². The van der Waals surface area contributed by atoms with Crippen molar-refractivity contribution < 1.29 is 4.74 Å². The average molecular weight is 311 g/mol. The van der Waals surface area contributed by atoms with Crippen molar-refractivity contribution in [3.8, 4) is 5.75 Å². The van der Waals surface area contributed by atoms with Crippen LogP contribution in [0.25, 0.3) is 0 Å². The maximum Gasteiger partial charge on any atom is 0.119 e. The summed E-state index contributed by atoms with van der Waals surface area (Å²) in [5.74, 6) is 6.51. The van der Waals surface area contributed by atoms with E-state index in [4.69, 9.17) is 33.8 Å². The molecule has 0 aromatic heterocycles. The average Bonchev–Trinajstić information content (AvgIpc) is 2.43. The van der Waals surface area contributed by atoms with Crippen LogP contribution in [0.4, 0.5) is 0 Å². The maximum absolute atomic E-state index is 6.26. The van der Waals surface area contributed by atoms with Crippen molar-refractivity contribution in [1.82, 2.24) is 5.43 Å². The largest absolute Gasteiger partial charge is 0.497 e. The summed E-state index contributed by atoms with van der Waals surface area (Å²) in [4.78, 5) is 0. The topological polar surface area (TPSA) is 47.3 Å². The SMILES string of the molecule is COc1ccc(C(NN)c2c(Cl)cccc2Cl)c(C)c1. The summed E-state index contributed by atoms with van der Waals surface area (Å²) in [7, 11) is 1.64. The van der Waals surface area contributed by atoms with Gasteiger partial charge in [-0.15, -0.1) is 0 Å². The van der Waals surface area contributed by atoms with Gasteiger partial charge in [0.2, 0.25) is 0 Å². The van der Waals surface area contributed by atoms with Crippen molar-refractivity contribution in [3.63, 3.8) is 0 Å². The van der Waals surface area contributed by atoms with E-state index in [9.17, 15) is 0 Å². The highest BCUT2D eigenvalue weighted by molar-refractivity contribution is 6.36. The van der Waals surface area contributed by atoms with Gasteiger partial charge in [0.05, 0.1) is 13.2 Å². The van der Waals surface area contributed by atoms with Gasteiger partial charge in [-0.05, 0) is 42.3 Å². The fourth-order valence-corrected chi connectivity index (χ4v) is 2.83. The van der Waals surface area contributed by atoms with E-state index in [1.165, 1.54) is 0 Å². The molecule has 0 aliphatic rings. The highest BCUT2D eigenvalue weighted by Gasteiger charge is 2.20. The number of ether oxygens (including phenoxy) is 1. The van der Waals surface area contributed by atoms with Crippen LogP contribution >= 0.6 is 23.2 Å². The van der Waals surface area contributed by atoms with Gasteiger partial charge in [0.15, 0.2) is 0 Å². The summed E-state index contributed by atoms with van der Waals surface area (Å²) in [6.07, 6.45) is 0. The van der Waals surface area contributed by atoms with Gasteiger partial charge in [-0.25, -0.2) is 5.43 Å². The molecule has 0 amide bonds. The second-order valence-corrected chi connectivity index (χ2v) is 5.27. The number of methoxy groups -OCH3 is 1. The van der Waals surface area contributed by atoms with Gasteiger partial charge in [0.25, 0.3) is 0 Å². The zero-order valence-electron chi connectivity index (χ0n) is 11.3. The molecule has 5 heteroatoms. The molecule has 0 bridgehead atoms. The number of rotatable bonds is 4. The molecule has 0 heterocycles. The van der Waals surface area contributed by atoms with E-state index in [0.717, 1.165) is 22.4 Å². The van der Waals surface area contributed by atoms with E-state index in [2.05, 4.69) is 5.43 Å². The van der Waals surface area contributed by atoms with Gasteiger partial charge < -0.3 is 4.74 Å². The Morgan fingerprint density at radius 1 is 1.15 bits per heavy atom. The Morgan fingerprint density at radius 3 is 2.30 bits per heavy atom. The van der Waals surface area contributed by atoms with E-state index >= 15 is 0 Å². The summed E-state index contributed by atoms with van der Waals surface area (Å²) >= 11 is 12.5. The Balaban J connectivity index is 2.53. The van der Waals surface area contributed by atoms with Gasteiger partial charge in [0, 0.05) is 15.6 Å². The molecule has 2 aromatic carbocycles. The lowest BCUT2D eigenvalue weighted by Crippen LogP contribution is -2.29. The molecule has 3 nitrogen and oxygen atoms in total. The van der Waals surface area contributed by atoms with Crippen LogP contribution in [0.15, 0.2) is 36.4 Å². The van der Waals surface area contributed by atoms with Crippen LogP contribution in [0.5, 0.6) is 5.75 Å². The van der Waals surface area contributed by atoms with Crippen molar-refractivity contribution in [3.05, 3.63) is 63.1 Å². The normalized spacial score (nSPS) is 12.2. The van der Waals surface area contributed by atoms with Gasteiger partial charge in [0.1, 0.15) is 5.75 Å². The van der Waals surface area contributed by atoms with Gasteiger partial charge >= 0.3 is 0 Å². The van der Waals surface area contributed by atoms with Crippen molar-refractivity contribution in [2.75, 3.05) is 7.11 Å². The standard InChI is InChI=1S/C15H16Cl2N2O/c1-9-8-10(20-2)6-7-11(9)15(19-18)14-12(16)4-3-5-13(14)17/h3-8,15,19H,18H2,1-2H3. The summed E-state index contributed by atoms with van der Waals surface area (Å²) in [5.41, 5.74) is 5.60. The second-order valence-electron chi connectivity index (χ2n) is 4.46. The van der Waals surface area contributed by atoms with Gasteiger partial charge in [-0.1, -0.05) is 35.3 Å². The van der Waals surface area contributed by atoms with Gasteiger partial charge in [-0.2, -0.15) is 0 Å². The Kier molecular flexibility index (Phi) is 4.89.